The highest BCUT2D eigenvalue weighted by atomic mass is 35.5. The Bertz CT molecular complexity index is 723. The number of aromatic nitrogens is 2. The molecule has 3 rings (SSSR count). The van der Waals surface area contributed by atoms with E-state index in [0.717, 1.165) is 10.2 Å². The summed E-state index contributed by atoms with van der Waals surface area (Å²) in [5.74, 6) is -0.318. The largest absolute Gasteiger partial charge is 0.296 e. The molecule has 0 unspecified atom stereocenters. The van der Waals surface area contributed by atoms with Crippen LogP contribution < -0.4 is 5.32 Å². The molecule has 2 heterocycles. The van der Waals surface area contributed by atoms with Gasteiger partial charge in [-0.3, -0.25) is 15.1 Å². The van der Waals surface area contributed by atoms with E-state index in [4.69, 9.17) is 11.6 Å². The third kappa shape index (κ3) is 2.57. The Morgan fingerprint density at radius 2 is 2.11 bits per heavy atom. The number of pyridine rings is 1. The van der Waals surface area contributed by atoms with Gasteiger partial charge in [-0.15, -0.1) is 0 Å². The van der Waals surface area contributed by atoms with Crippen molar-refractivity contribution in [3.63, 3.8) is 0 Å². The molecule has 1 N–H and O–H groups in total. The second-order valence-corrected chi connectivity index (χ2v) is 5.27. The van der Waals surface area contributed by atoms with E-state index in [1.165, 1.54) is 23.6 Å². The Morgan fingerprint density at radius 3 is 2.89 bits per heavy atom. The van der Waals surface area contributed by atoms with Crippen molar-refractivity contribution in [3.8, 4) is 0 Å². The number of nitrogens with one attached hydrogen (secondary N) is 1. The van der Waals surface area contributed by atoms with Crippen molar-refractivity contribution in [1.82, 2.24) is 9.97 Å². The van der Waals surface area contributed by atoms with Crippen molar-refractivity contribution in [1.29, 1.82) is 0 Å². The third-order valence-electron chi connectivity index (χ3n) is 2.47. The number of fused-ring (bicyclic) bond motifs is 1. The van der Waals surface area contributed by atoms with Crippen molar-refractivity contribution in [2.45, 2.75) is 0 Å². The zero-order valence-corrected chi connectivity index (χ0v) is 11.2. The number of para-hydroxylation sites is 1. The lowest BCUT2D eigenvalue weighted by Gasteiger charge is -2.00. The first kappa shape index (κ1) is 12.1. The van der Waals surface area contributed by atoms with Crippen LogP contribution in [0.5, 0.6) is 0 Å². The summed E-state index contributed by atoms with van der Waals surface area (Å²) in [6, 6.07) is 10.8. The second-order valence-electron chi connectivity index (χ2n) is 3.80. The van der Waals surface area contributed by atoms with E-state index < -0.39 is 0 Å². The molecule has 0 fully saturated rings. The fourth-order valence-electron chi connectivity index (χ4n) is 1.62. The molecule has 0 saturated heterocycles. The molecule has 0 aliphatic carbocycles. The van der Waals surface area contributed by atoms with E-state index >= 15 is 0 Å². The molecular weight excluding hydrogens is 282 g/mol. The van der Waals surface area contributed by atoms with Gasteiger partial charge in [0.1, 0.15) is 5.69 Å². The predicted molar refractivity (Wildman–Crippen MR) is 76.8 cm³/mol. The summed E-state index contributed by atoms with van der Waals surface area (Å²) in [6.45, 7) is 0. The van der Waals surface area contributed by atoms with Gasteiger partial charge in [0.05, 0.1) is 10.2 Å². The van der Waals surface area contributed by atoms with Gasteiger partial charge < -0.3 is 0 Å². The smallest absolute Gasteiger partial charge is 0.276 e. The Balaban J connectivity index is 1.86. The van der Waals surface area contributed by atoms with Gasteiger partial charge >= 0.3 is 0 Å². The van der Waals surface area contributed by atoms with E-state index in [0.29, 0.717) is 10.2 Å². The van der Waals surface area contributed by atoms with Crippen LogP contribution in [0.25, 0.3) is 10.2 Å². The maximum atomic E-state index is 12.0. The van der Waals surface area contributed by atoms with Crippen molar-refractivity contribution in [2.24, 2.45) is 0 Å². The summed E-state index contributed by atoms with van der Waals surface area (Å²) in [5, 5.41) is 3.75. The molecule has 19 heavy (non-hydrogen) atoms. The van der Waals surface area contributed by atoms with Gasteiger partial charge in [0.2, 0.25) is 0 Å². The topological polar surface area (TPSA) is 54.9 Å². The molecule has 3 aromatic rings. The quantitative estimate of drug-likeness (QED) is 0.784. The van der Waals surface area contributed by atoms with Crippen LogP contribution in [0.4, 0.5) is 5.13 Å². The number of benzene rings is 1. The first-order valence-corrected chi connectivity index (χ1v) is 6.70. The van der Waals surface area contributed by atoms with Crippen molar-refractivity contribution < 1.29 is 4.79 Å². The van der Waals surface area contributed by atoms with Gasteiger partial charge in [-0.05, 0) is 24.3 Å². The molecule has 1 amide bonds. The summed E-state index contributed by atoms with van der Waals surface area (Å²) in [7, 11) is 0. The standard InChI is InChI=1S/C13H8ClN3OS/c14-8-5-6-15-10(7-8)12(18)17-13-16-9-3-1-2-4-11(9)19-13/h1-7H,(H,16,17,18). The molecule has 0 spiro atoms. The zero-order valence-electron chi connectivity index (χ0n) is 9.63. The number of hydrogen-bond acceptors (Lipinski definition) is 4. The number of halogens is 1. The highest BCUT2D eigenvalue weighted by Gasteiger charge is 2.11. The number of nitrogens with zero attached hydrogens (tertiary/aromatic N) is 2. The molecule has 0 bridgehead atoms. The van der Waals surface area contributed by atoms with E-state index in [9.17, 15) is 4.79 Å². The summed E-state index contributed by atoms with van der Waals surface area (Å²) < 4.78 is 1.02. The van der Waals surface area contributed by atoms with Crippen LogP contribution >= 0.6 is 22.9 Å². The minimum atomic E-state index is -0.318. The maximum absolute atomic E-state index is 12.0. The Labute approximate surface area is 118 Å². The zero-order chi connectivity index (χ0) is 13.2. The molecular formula is C13H8ClN3OS. The molecule has 94 valence electrons. The third-order valence-corrected chi connectivity index (χ3v) is 3.66. The van der Waals surface area contributed by atoms with Crippen molar-refractivity contribution in [2.75, 3.05) is 5.32 Å². The Kier molecular flexibility index (Phi) is 3.15. The second kappa shape index (κ2) is 4.95. The normalized spacial score (nSPS) is 10.6. The SMILES string of the molecule is O=C(Nc1nc2ccccc2s1)c1cc(Cl)ccn1. The summed E-state index contributed by atoms with van der Waals surface area (Å²) in [5.41, 5.74) is 1.13. The number of anilines is 1. The first-order chi connectivity index (χ1) is 9.22. The molecule has 2 aromatic heterocycles. The number of carbonyl (C=O) groups is 1. The lowest BCUT2D eigenvalue weighted by atomic mass is 10.3. The molecule has 6 heteroatoms. The van der Waals surface area contributed by atoms with Crippen LogP contribution in [0.15, 0.2) is 42.6 Å². The van der Waals surface area contributed by atoms with Gasteiger partial charge in [0.25, 0.3) is 5.91 Å². The number of carbonyl (C=O) groups excluding carboxylic acids is 1. The summed E-state index contributed by atoms with van der Waals surface area (Å²) in [4.78, 5) is 20.3. The highest BCUT2D eigenvalue weighted by Crippen LogP contribution is 2.25. The molecule has 0 radical (unpaired) electrons. The summed E-state index contributed by atoms with van der Waals surface area (Å²) >= 11 is 7.24. The average Bonchev–Trinajstić information content (AvgIpc) is 2.80. The molecule has 0 aliphatic heterocycles. The molecule has 0 saturated carbocycles. The van der Waals surface area contributed by atoms with Crippen LogP contribution in [-0.4, -0.2) is 15.9 Å². The van der Waals surface area contributed by atoms with E-state index in [2.05, 4.69) is 15.3 Å². The molecule has 1 aromatic carbocycles. The van der Waals surface area contributed by atoms with Gasteiger partial charge in [0.15, 0.2) is 5.13 Å². The van der Waals surface area contributed by atoms with E-state index in [1.807, 2.05) is 24.3 Å². The van der Waals surface area contributed by atoms with Gasteiger partial charge in [-0.1, -0.05) is 35.1 Å². The number of hydrogen-bond donors (Lipinski definition) is 1. The Hall–Kier alpha value is -1.98. The summed E-state index contributed by atoms with van der Waals surface area (Å²) in [6.07, 6.45) is 1.50. The lowest BCUT2D eigenvalue weighted by molar-refractivity contribution is 0.102. The van der Waals surface area contributed by atoms with Crippen LogP contribution in [0.1, 0.15) is 10.5 Å². The molecule has 4 nitrogen and oxygen atoms in total. The first-order valence-electron chi connectivity index (χ1n) is 5.51. The van der Waals surface area contributed by atoms with Gasteiger partial charge in [-0.25, -0.2) is 4.98 Å². The highest BCUT2D eigenvalue weighted by molar-refractivity contribution is 7.22. The minimum absolute atomic E-state index is 0.270. The number of rotatable bonds is 2. The minimum Gasteiger partial charge on any atom is -0.296 e. The maximum Gasteiger partial charge on any atom is 0.276 e. The van der Waals surface area contributed by atoms with Crippen molar-refractivity contribution >= 4 is 44.2 Å². The van der Waals surface area contributed by atoms with Crippen LogP contribution in [0, 0.1) is 0 Å². The van der Waals surface area contributed by atoms with Crippen LogP contribution in [-0.2, 0) is 0 Å². The lowest BCUT2D eigenvalue weighted by Crippen LogP contribution is -2.13. The monoisotopic (exact) mass is 289 g/mol. The molecule has 0 atom stereocenters. The van der Waals surface area contributed by atoms with Crippen LogP contribution in [0.2, 0.25) is 5.02 Å². The number of amides is 1. The Morgan fingerprint density at radius 1 is 1.26 bits per heavy atom. The van der Waals surface area contributed by atoms with Gasteiger partial charge in [-0.2, -0.15) is 0 Å². The number of thiazole rings is 1. The van der Waals surface area contributed by atoms with Crippen molar-refractivity contribution in [3.05, 3.63) is 53.3 Å². The fourth-order valence-corrected chi connectivity index (χ4v) is 2.64. The molecule has 0 aliphatic rings. The fraction of sp³-hybridized carbons (Fsp3) is 0. The predicted octanol–water partition coefficient (Wildman–Crippen LogP) is 3.60. The van der Waals surface area contributed by atoms with Gasteiger partial charge in [0, 0.05) is 11.2 Å². The van der Waals surface area contributed by atoms with E-state index in [1.54, 1.807) is 6.07 Å². The van der Waals surface area contributed by atoms with Crippen LogP contribution in [0.3, 0.4) is 0 Å². The van der Waals surface area contributed by atoms with E-state index in [-0.39, 0.29) is 11.6 Å². The average molecular weight is 290 g/mol.